The van der Waals surface area contributed by atoms with Gasteiger partial charge in [-0.05, 0) is 28.1 Å². The van der Waals surface area contributed by atoms with Crippen molar-refractivity contribution in [1.29, 1.82) is 0 Å². The number of hydrogen-bond donors (Lipinski definition) is 0. The molecule has 0 bridgehead atoms. The number of hydrogen-bond acceptors (Lipinski definition) is 2. The predicted octanol–water partition coefficient (Wildman–Crippen LogP) is 3.07. The second-order valence-corrected chi connectivity index (χ2v) is 3.44. The van der Waals surface area contributed by atoms with Gasteiger partial charge in [0.2, 0.25) is 0 Å². The minimum Gasteiger partial charge on any atom is -0.293 e. The number of alkyl halides is 3. The molecule has 6 heteroatoms. The topological polar surface area (TPSA) is 30.0 Å². The second-order valence-electron chi connectivity index (χ2n) is 2.58. The third-order valence-electron chi connectivity index (χ3n) is 1.48. The van der Waals surface area contributed by atoms with Crippen molar-refractivity contribution in [2.24, 2.45) is 0 Å². The molecule has 0 aliphatic heterocycles. The van der Waals surface area contributed by atoms with Gasteiger partial charge in [-0.15, -0.1) is 0 Å². The molecule has 0 saturated heterocycles. The largest absolute Gasteiger partial charge is 0.434 e. The maximum absolute atomic E-state index is 12.3. The van der Waals surface area contributed by atoms with Gasteiger partial charge in [-0.1, -0.05) is 0 Å². The standard InChI is InChI=1S/C8H5BrF3NO/c1-4(14)6-3-2-5(9)7(13-6)8(10,11)12/h2-3H,1H3. The van der Waals surface area contributed by atoms with Crippen LogP contribution in [0.1, 0.15) is 23.1 Å². The molecule has 1 aromatic heterocycles. The van der Waals surface area contributed by atoms with Crippen LogP contribution in [-0.2, 0) is 6.18 Å². The molecule has 0 aromatic carbocycles. The smallest absolute Gasteiger partial charge is 0.293 e. The zero-order valence-electron chi connectivity index (χ0n) is 7.02. The second kappa shape index (κ2) is 3.68. The summed E-state index contributed by atoms with van der Waals surface area (Å²) in [7, 11) is 0. The molecule has 0 unspecified atom stereocenters. The van der Waals surface area contributed by atoms with Crippen molar-refractivity contribution in [3.8, 4) is 0 Å². The Bertz CT molecular complexity index is 375. The molecule has 0 fully saturated rings. The van der Waals surface area contributed by atoms with Gasteiger partial charge in [0.1, 0.15) is 5.69 Å². The zero-order valence-corrected chi connectivity index (χ0v) is 8.61. The van der Waals surface area contributed by atoms with Crippen LogP contribution in [0.5, 0.6) is 0 Å². The molecule has 1 heterocycles. The van der Waals surface area contributed by atoms with Crippen LogP contribution in [0.25, 0.3) is 0 Å². The van der Waals surface area contributed by atoms with E-state index < -0.39 is 17.7 Å². The van der Waals surface area contributed by atoms with Gasteiger partial charge in [0.15, 0.2) is 11.5 Å². The molecule has 0 spiro atoms. The molecule has 0 aliphatic carbocycles. The van der Waals surface area contributed by atoms with E-state index in [2.05, 4.69) is 20.9 Å². The highest BCUT2D eigenvalue weighted by molar-refractivity contribution is 9.10. The maximum Gasteiger partial charge on any atom is 0.434 e. The summed E-state index contributed by atoms with van der Waals surface area (Å²) in [6.45, 7) is 1.16. The number of carbonyl (C=O) groups is 1. The monoisotopic (exact) mass is 267 g/mol. The van der Waals surface area contributed by atoms with Crippen LogP contribution < -0.4 is 0 Å². The van der Waals surface area contributed by atoms with Crippen LogP contribution in [0.15, 0.2) is 16.6 Å². The Labute approximate surface area is 86.3 Å². The quantitative estimate of drug-likeness (QED) is 0.732. The minimum absolute atomic E-state index is 0.171. The van der Waals surface area contributed by atoms with Gasteiger partial charge in [0.25, 0.3) is 0 Å². The first-order valence-electron chi connectivity index (χ1n) is 3.57. The van der Waals surface area contributed by atoms with E-state index in [1.165, 1.54) is 6.07 Å². The number of aromatic nitrogens is 1. The number of carbonyl (C=O) groups excluding carboxylic acids is 1. The van der Waals surface area contributed by atoms with E-state index >= 15 is 0 Å². The minimum atomic E-state index is -4.55. The van der Waals surface area contributed by atoms with Crippen LogP contribution in [0.2, 0.25) is 0 Å². The van der Waals surface area contributed by atoms with Gasteiger partial charge in [-0.25, -0.2) is 4.98 Å². The summed E-state index contributed by atoms with van der Waals surface area (Å²) in [5.74, 6) is -0.497. The third kappa shape index (κ3) is 2.31. The molecule has 1 aromatic rings. The van der Waals surface area contributed by atoms with Crippen LogP contribution in [0, 0.1) is 0 Å². The van der Waals surface area contributed by atoms with Gasteiger partial charge in [-0.2, -0.15) is 13.2 Å². The van der Waals surface area contributed by atoms with Crippen molar-refractivity contribution < 1.29 is 18.0 Å². The average Bonchev–Trinajstić information content (AvgIpc) is 2.02. The molecule has 0 N–H and O–H groups in total. The lowest BCUT2D eigenvalue weighted by Gasteiger charge is -2.08. The highest BCUT2D eigenvalue weighted by Gasteiger charge is 2.35. The van der Waals surface area contributed by atoms with Crippen molar-refractivity contribution >= 4 is 21.7 Å². The molecular formula is C8H5BrF3NO. The predicted molar refractivity (Wildman–Crippen MR) is 46.9 cm³/mol. The van der Waals surface area contributed by atoms with Gasteiger partial charge < -0.3 is 0 Å². The molecule has 1 rings (SSSR count). The highest BCUT2D eigenvalue weighted by atomic mass is 79.9. The Hall–Kier alpha value is -0.910. The van der Waals surface area contributed by atoms with Crippen molar-refractivity contribution in [3.63, 3.8) is 0 Å². The molecule has 2 nitrogen and oxygen atoms in total. The van der Waals surface area contributed by atoms with Crippen molar-refractivity contribution in [2.75, 3.05) is 0 Å². The van der Waals surface area contributed by atoms with E-state index in [4.69, 9.17) is 0 Å². The average molecular weight is 268 g/mol. The lowest BCUT2D eigenvalue weighted by Crippen LogP contribution is -2.11. The normalized spacial score (nSPS) is 11.5. The van der Waals surface area contributed by atoms with E-state index in [9.17, 15) is 18.0 Å². The number of nitrogens with zero attached hydrogens (tertiary/aromatic N) is 1. The van der Waals surface area contributed by atoms with Gasteiger partial charge in [-0.3, -0.25) is 4.79 Å². The zero-order chi connectivity index (χ0) is 10.9. The number of Topliss-reactive ketones (excluding diaryl/α,β-unsaturated/α-hetero) is 1. The first kappa shape index (κ1) is 11.2. The number of rotatable bonds is 1. The number of pyridine rings is 1. The lowest BCUT2D eigenvalue weighted by atomic mass is 10.2. The van der Waals surface area contributed by atoms with Crippen molar-refractivity contribution in [2.45, 2.75) is 13.1 Å². The van der Waals surface area contributed by atoms with Gasteiger partial charge in [0, 0.05) is 11.4 Å². The molecule has 0 amide bonds. The molecule has 0 aliphatic rings. The number of ketones is 1. The van der Waals surface area contributed by atoms with Gasteiger partial charge >= 0.3 is 6.18 Å². The summed E-state index contributed by atoms with van der Waals surface area (Å²) in [4.78, 5) is 14.0. The lowest BCUT2D eigenvalue weighted by molar-refractivity contribution is -0.141. The van der Waals surface area contributed by atoms with E-state index in [-0.39, 0.29) is 10.2 Å². The maximum atomic E-state index is 12.3. The summed E-state index contributed by atoms with van der Waals surface area (Å²) in [5.41, 5.74) is -1.27. The first-order valence-corrected chi connectivity index (χ1v) is 4.36. The highest BCUT2D eigenvalue weighted by Crippen LogP contribution is 2.33. The summed E-state index contributed by atoms with van der Waals surface area (Å²) >= 11 is 2.72. The molecule has 0 radical (unpaired) electrons. The summed E-state index contributed by atoms with van der Waals surface area (Å²) < 4.78 is 36.7. The van der Waals surface area contributed by atoms with Crippen molar-refractivity contribution in [1.82, 2.24) is 4.98 Å². The summed E-state index contributed by atoms with van der Waals surface area (Å²) in [6.07, 6.45) is -4.55. The first-order chi connectivity index (χ1) is 6.32. The fourth-order valence-electron chi connectivity index (χ4n) is 0.837. The number of halogens is 4. The van der Waals surface area contributed by atoms with Crippen LogP contribution in [0.4, 0.5) is 13.2 Å². The van der Waals surface area contributed by atoms with Crippen molar-refractivity contribution in [3.05, 3.63) is 28.0 Å². The summed E-state index contributed by atoms with van der Waals surface area (Å²) in [6, 6.07) is 2.40. The molecule has 14 heavy (non-hydrogen) atoms. The molecule has 0 atom stereocenters. The van der Waals surface area contributed by atoms with E-state index in [0.717, 1.165) is 13.0 Å². The van der Waals surface area contributed by atoms with Gasteiger partial charge in [0.05, 0.1) is 0 Å². The Morgan fingerprint density at radius 3 is 2.43 bits per heavy atom. The molecule has 76 valence electrons. The van der Waals surface area contributed by atoms with E-state index in [1.54, 1.807) is 0 Å². The van der Waals surface area contributed by atoms with E-state index in [0.29, 0.717) is 0 Å². The van der Waals surface area contributed by atoms with Crippen LogP contribution in [0.3, 0.4) is 0 Å². The Morgan fingerprint density at radius 2 is 2.00 bits per heavy atom. The third-order valence-corrected chi connectivity index (χ3v) is 2.12. The Kier molecular flexibility index (Phi) is 2.94. The molecular weight excluding hydrogens is 263 g/mol. The van der Waals surface area contributed by atoms with E-state index in [1.807, 2.05) is 0 Å². The SMILES string of the molecule is CC(=O)c1ccc(Br)c(C(F)(F)F)n1. The van der Waals surface area contributed by atoms with Crippen LogP contribution >= 0.6 is 15.9 Å². The molecule has 0 saturated carbocycles. The van der Waals surface area contributed by atoms with Crippen LogP contribution in [-0.4, -0.2) is 10.8 Å². The Morgan fingerprint density at radius 1 is 1.43 bits per heavy atom. The fourth-order valence-corrected chi connectivity index (χ4v) is 1.28. The summed E-state index contributed by atoms with van der Waals surface area (Å²) in [5, 5.41) is 0. The Balaban J connectivity index is 3.29. The fraction of sp³-hybridized carbons (Fsp3) is 0.250.